The Morgan fingerprint density at radius 1 is 1.05 bits per heavy atom. The number of hydrogen-bond acceptors (Lipinski definition) is 4. The van der Waals surface area contributed by atoms with Gasteiger partial charge < -0.3 is 9.90 Å². The quantitative estimate of drug-likeness (QED) is 0.730. The smallest absolute Gasteiger partial charge is 0.164 e. The van der Waals surface area contributed by atoms with E-state index in [1.807, 2.05) is 18.2 Å². The zero-order valence-corrected chi connectivity index (χ0v) is 13.3. The van der Waals surface area contributed by atoms with Crippen LogP contribution in [-0.2, 0) is 4.79 Å². The highest BCUT2D eigenvalue weighted by Gasteiger charge is 2.19. The molecular formula is C17H14ClO3S-. The zero-order valence-electron chi connectivity index (χ0n) is 11.7. The Hall–Kier alpha value is -1.78. The number of carbonyl (C=O) groups is 2. The summed E-state index contributed by atoms with van der Waals surface area (Å²) in [6, 6.07) is 16.1. The van der Waals surface area contributed by atoms with Crippen molar-refractivity contribution in [2.75, 3.05) is 5.75 Å². The molecule has 0 aliphatic heterocycles. The zero-order chi connectivity index (χ0) is 15.9. The molecule has 0 bridgehead atoms. The number of rotatable bonds is 7. The predicted octanol–water partition coefficient (Wildman–Crippen LogP) is 3.14. The van der Waals surface area contributed by atoms with Crippen LogP contribution in [0.4, 0.5) is 0 Å². The van der Waals surface area contributed by atoms with Gasteiger partial charge in [0, 0.05) is 28.0 Å². The molecular weight excluding hydrogens is 320 g/mol. The molecule has 0 amide bonds. The lowest BCUT2D eigenvalue weighted by Gasteiger charge is -2.18. The number of carboxylic acid groups (broad SMARTS) is 1. The van der Waals surface area contributed by atoms with Crippen LogP contribution in [-0.4, -0.2) is 17.5 Å². The summed E-state index contributed by atoms with van der Waals surface area (Å²) in [5.41, 5.74) is 1.37. The van der Waals surface area contributed by atoms with Crippen LogP contribution in [0.2, 0.25) is 5.02 Å². The second kappa shape index (κ2) is 8.01. The maximum absolute atomic E-state index is 12.4. The van der Waals surface area contributed by atoms with Gasteiger partial charge in [-0.1, -0.05) is 60.1 Å². The Morgan fingerprint density at radius 3 is 2.32 bits per heavy atom. The van der Waals surface area contributed by atoms with Crippen molar-refractivity contribution < 1.29 is 14.7 Å². The summed E-state index contributed by atoms with van der Waals surface area (Å²) in [7, 11) is 0. The number of aliphatic carboxylic acids is 1. The monoisotopic (exact) mass is 333 g/mol. The van der Waals surface area contributed by atoms with Crippen molar-refractivity contribution in [1.82, 2.24) is 0 Å². The van der Waals surface area contributed by atoms with Crippen LogP contribution in [0.3, 0.4) is 0 Å². The lowest BCUT2D eigenvalue weighted by atomic mass is 10.0. The van der Waals surface area contributed by atoms with E-state index in [1.165, 1.54) is 0 Å². The van der Waals surface area contributed by atoms with E-state index in [4.69, 9.17) is 11.6 Å². The lowest BCUT2D eigenvalue weighted by molar-refractivity contribution is -0.301. The van der Waals surface area contributed by atoms with Crippen molar-refractivity contribution in [2.24, 2.45) is 0 Å². The van der Waals surface area contributed by atoms with E-state index >= 15 is 0 Å². The van der Waals surface area contributed by atoms with Crippen molar-refractivity contribution in [3.63, 3.8) is 0 Å². The molecule has 0 saturated carbocycles. The molecule has 0 aromatic heterocycles. The maximum atomic E-state index is 12.4. The van der Waals surface area contributed by atoms with E-state index in [9.17, 15) is 14.7 Å². The maximum Gasteiger partial charge on any atom is 0.164 e. The second-order valence-electron chi connectivity index (χ2n) is 4.69. The molecule has 0 saturated heterocycles. The average Bonchev–Trinajstić information content (AvgIpc) is 2.52. The summed E-state index contributed by atoms with van der Waals surface area (Å²) >= 11 is 7.33. The molecule has 2 aromatic carbocycles. The van der Waals surface area contributed by atoms with Gasteiger partial charge in [0.15, 0.2) is 5.78 Å². The van der Waals surface area contributed by atoms with Crippen molar-refractivity contribution in [1.29, 1.82) is 0 Å². The van der Waals surface area contributed by atoms with Gasteiger partial charge >= 0.3 is 0 Å². The van der Waals surface area contributed by atoms with Gasteiger partial charge in [0.1, 0.15) is 0 Å². The molecule has 114 valence electrons. The van der Waals surface area contributed by atoms with Gasteiger partial charge in [-0.05, 0) is 11.6 Å². The third kappa shape index (κ3) is 4.61. The Bertz CT molecular complexity index is 658. The molecule has 2 rings (SSSR count). The molecule has 22 heavy (non-hydrogen) atoms. The minimum atomic E-state index is -1.16. The van der Waals surface area contributed by atoms with Gasteiger partial charge in [-0.2, -0.15) is 0 Å². The van der Waals surface area contributed by atoms with E-state index in [1.54, 1.807) is 36.4 Å². The van der Waals surface area contributed by atoms with Crippen LogP contribution in [0.1, 0.15) is 27.6 Å². The predicted molar refractivity (Wildman–Crippen MR) is 87.0 cm³/mol. The van der Waals surface area contributed by atoms with Crippen molar-refractivity contribution >= 4 is 35.1 Å². The van der Waals surface area contributed by atoms with Gasteiger partial charge in [-0.3, -0.25) is 4.79 Å². The number of ketones is 1. The number of thioether (sulfide) groups is 1. The summed E-state index contributed by atoms with van der Waals surface area (Å²) < 4.78 is 0. The highest BCUT2D eigenvalue weighted by Crippen LogP contribution is 2.36. The third-order valence-electron chi connectivity index (χ3n) is 3.12. The fourth-order valence-electron chi connectivity index (χ4n) is 2.07. The Morgan fingerprint density at radius 2 is 1.68 bits per heavy atom. The first kappa shape index (κ1) is 16.6. The number of carbonyl (C=O) groups excluding carboxylic acids is 2. The van der Waals surface area contributed by atoms with Gasteiger partial charge in [0.25, 0.3) is 0 Å². The molecule has 0 radical (unpaired) electrons. The number of carboxylic acids is 1. The van der Waals surface area contributed by atoms with Crippen LogP contribution in [0, 0.1) is 0 Å². The topological polar surface area (TPSA) is 57.2 Å². The first-order valence-electron chi connectivity index (χ1n) is 6.72. The van der Waals surface area contributed by atoms with Gasteiger partial charge in [0.05, 0.1) is 5.97 Å². The summed E-state index contributed by atoms with van der Waals surface area (Å²) in [5, 5.41) is 10.9. The molecule has 0 fully saturated rings. The Balaban J connectivity index is 2.19. The minimum absolute atomic E-state index is 0.0450. The van der Waals surface area contributed by atoms with E-state index in [2.05, 4.69) is 0 Å². The van der Waals surface area contributed by atoms with Gasteiger partial charge in [-0.15, -0.1) is 11.8 Å². The summed E-state index contributed by atoms with van der Waals surface area (Å²) in [6.45, 7) is 0. The van der Waals surface area contributed by atoms with Gasteiger partial charge in [-0.25, -0.2) is 0 Å². The number of halogens is 1. The van der Waals surface area contributed by atoms with Crippen molar-refractivity contribution in [2.45, 2.75) is 11.7 Å². The Kier molecular flexibility index (Phi) is 6.04. The van der Waals surface area contributed by atoms with E-state index in [0.29, 0.717) is 10.6 Å². The fraction of sp³-hybridized carbons (Fsp3) is 0.176. The molecule has 5 heteroatoms. The molecule has 0 aliphatic rings. The molecule has 0 unspecified atom stereocenters. The fourth-order valence-corrected chi connectivity index (χ4v) is 3.40. The molecule has 2 aromatic rings. The normalized spacial score (nSPS) is 11.9. The lowest BCUT2D eigenvalue weighted by Crippen LogP contribution is -2.25. The summed E-state index contributed by atoms with van der Waals surface area (Å²) in [6.07, 6.45) is 0.186. The molecule has 1 atom stereocenters. The standard InChI is InChI=1S/C17H15ClO3S/c18-14-9-5-4-8-13(14)16(22-11-17(20)21)10-15(19)12-6-2-1-3-7-12/h1-9,16H,10-11H2,(H,20,21)/p-1/t16-/m0/s1. The highest BCUT2D eigenvalue weighted by atomic mass is 35.5. The molecule has 0 N–H and O–H groups in total. The first-order chi connectivity index (χ1) is 10.6. The van der Waals surface area contributed by atoms with Gasteiger partial charge in [0.2, 0.25) is 0 Å². The SMILES string of the molecule is O=C([O-])CS[C@@H](CC(=O)c1ccccc1)c1ccccc1Cl. The summed E-state index contributed by atoms with van der Waals surface area (Å²) in [5.74, 6) is -1.39. The van der Waals surface area contributed by atoms with Crippen molar-refractivity contribution in [3.05, 3.63) is 70.7 Å². The van der Waals surface area contributed by atoms with Crippen LogP contribution in [0.5, 0.6) is 0 Å². The van der Waals surface area contributed by atoms with Crippen LogP contribution in [0.25, 0.3) is 0 Å². The molecule has 3 nitrogen and oxygen atoms in total. The molecule has 0 aliphatic carbocycles. The molecule has 0 heterocycles. The van der Waals surface area contributed by atoms with Crippen LogP contribution < -0.4 is 5.11 Å². The summed E-state index contributed by atoms with van der Waals surface area (Å²) in [4.78, 5) is 23.1. The third-order valence-corrected chi connectivity index (χ3v) is 4.69. The first-order valence-corrected chi connectivity index (χ1v) is 8.14. The average molecular weight is 334 g/mol. The second-order valence-corrected chi connectivity index (χ2v) is 6.28. The highest BCUT2D eigenvalue weighted by molar-refractivity contribution is 8.00. The Labute approximate surface area is 138 Å². The van der Waals surface area contributed by atoms with Crippen molar-refractivity contribution in [3.8, 4) is 0 Å². The van der Waals surface area contributed by atoms with E-state index < -0.39 is 5.97 Å². The minimum Gasteiger partial charge on any atom is -0.549 e. The van der Waals surface area contributed by atoms with Crippen LogP contribution >= 0.6 is 23.4 Å². The number of Topliss-reactive ketones (excluding diaryl/α,β-unsaturated/α-hetero) is 1. The number of hydrogen-bond donors (Lipinski definition) is 0. The largest absolute Gasteiger partial charge is 0.549 e. The molecule has 0 spiro atoms. The van der Waals surface area contributed by atoms with Crippen LogP contribution in [0.15, 0.2) is 54.6 Å². The van der Waals surface area contributed by atoms with E-state index in [-0.39, 0.29) is 23.2 Å². The van der Waals surface area contributed by atoms with E-state index in [0.717, 1.165) is 17.3 Å². The number of benzene rings is 2.